The summed E-state index contributed by atoms with van der Waals surface area (Å²) in [6.07, 6.45) is 7.26. The fourth-order valence-corrected chi connectivity index (χ4v) is 5.79. The Balaban J connectivity index is 1.77. The maximum Gasteiger partial charge on any atom is 0.128 e. The van der Waals surface area contributed by atoms with Gasteiger partial charge in [-0.3, -0.25) is 0 Å². The lowest BCUT2D eigenvalue weighted by Crippen LogP contribution is -2.48. The van der Waals surface area contributed by atoms with Gasteiger partial charge in [0.1, 0.15) is 17.5 Å². The number of terminal acetylenes is 1. The molecule has 2 fully saturated rings. The first kappa shape index (κ1) is 15.0. The van der Waals surface area contributed by atoms with Gasteiger partial charge in [0.25, 0.3) is 0 Å². The molecule has 1 aromatic rings. The Kier molecular flexibility index (Phi) is 3.25. The van der Waals surface area contributed by atoms with E-state index in [9.17, 15) is 10.2 Å². The van der Waals surface area contributed by atoms with E-state index in [1.165, 1.54) is 0 Å². The molecule has 4 rings (SSSR count). The molecule has 1 aromatic carbocycles. The highest BCUT2D eigenvalue weighted by Gasteiger charge is 2.58. The molecule has 0 aliphatic heterocycles. The van der Waals surface area contributed by atoms with Crippen molar-refractivity contribution in [1.29, 1.82) is 0 Å². The van der Waals surface area contributed by atoms with Crippen LogP contribution in [0.1, 0.15) is 43.2 Å². The maximum absolute atomic E-state index is 15.1. The van der Waals surface area contributed by atoms with Crippen molar-refractivity contribution in [2.75, 3.05) is 0 Å². The zero-order valence-electron chi connectivity index (χ0n) is 13.4. The lowest BCUT2D eigenvalue weighted by Gasteiger charge is -2.50. The van der Waals surface area contributed by atoms with Gasteiger partial charge in [-0.2, -0.15) is 0 Å². The number of alkyl halides is 1. The number of rotatable bonds is 0. The van der Waals surface area contributed by atoms with Crippen molar-refractivity contribution in [3.63, 3.8) is 0 Å². The predicted molar refractivity (Wildman–Crippen MR) is 86.7 cm³/mol. The molecule has 122 valence electrons. The first-order valence-electron chi connectivity index (χ1n) is 8.60. The average Bonchev–Trinajstić information content (AvgIpc) is 2.84. The number of aliphatic hydroxyl groups is 1. The second kappa shape index (κ2) is 4.98. The number of hydrogen-bond acceptors (Lipinski definition) is 2. The second-order valence-electron chi connectivity index (χ2n) is 7.80. The van der Waals surface area contributed by atoms with Crippen molar-refractivity contribution in [3.8, 4) is 18.1 Å². The largest absolute Gasteiger partial charge is 0.508 e. The summed E-state index contributed by atoms with van der Waals surface area (Å²) in [5, 5.41) is 20.4. The summed E-state index contributed by atoms with van der Waals surface area (Å²) < 4.78 is 15.1. The predicted octanol–water partition coefficient (Wildman–Crippen LogP) is 3.42. The fourth-order valence-electron chi connectivity index (χ4n) is 5.79. The van der Waals surface area contributed by atoms with Crippen molar-refractivity contribution in [2.45, 2.75) is 50.3 Å². The number of fused-ring (bicyclic) bond motifs is 5. The molecule has 2 nitrogen and oxygen atoms in total. The Morgan fingerprint density at radius 1 is 1.39 bits per heavy atom. The maximum atomic E-state index is 15.1. The van der Waals surface area contributed by atoms with E-state index in [0.717, 1.165) is 24.0 Å². The minimum absolute atomic E-state index is 0.120. The fraction of sp³-hybridized carbons (Fsp3) is 0.600. The minimum Gasteiger partial charge on any atom is -0.508 e. The van der Waals surface area contributed by atoms with Crippen LogP contribution in [0.2, 0.25) is 0 Å². The molecule has 0 radical (unpaired) electrons. The van der Waals surface area contributed by atoms with Crippen LogP contribution in [-0.2, 0) is 6.42 Å². The highest BCUT2D eigenvalue weighted by molar-refractivity contribution is 5.41. The normalized spacial score (nSPS) is 44.8. The molecule has 3 heteroatoms. The summed E-state index contributed by atoms with van der Waals surface area (Å²) in [6, 6.07) is 5.34. The SMILES string of the molecule is C#C[C@]1(O)CCC2C3C(C)Cc4cc(O)ccc4C3[C@@H](F)CC21. The van der Waals surface area contributed by atoms with Crippen molar-refractivity contribution < 1.29 is 14.6 Å². The molecule has 3 aliphatic carbocycles. The van der Waals surface area contributed by atoms with Crippen molar-refractivity contribution in [1.82, 2.24) is 0 Å². The van der Waals surface area contributed by atoms with Crippen LogP contribution in [-0.4, -0.2) is 22.0 Å². The first-order chi connectivity index (χ1) is 10.9. The van der Waals surface area contributed by atoms with Crippen molar-refractivity contribution >= 4 is 0 Å². The monoisotopic (exact) mass is 314 g/mol. The summed E-state index contributed by atoms with van der Waals surface area (Å²) in [4.78, 5) is 0. The van der Waals surface area contributed by atoms with Crippen LogP contribution in [0.15, 0.2) is 18.2 Å². The molecule has 0 saturated heterocycles. The molecule has 0 heterocycles. The van der Waals surface area contributed by atoms with Crippen LogP contribution in [0.3, 0.4) is 0 Å². The number of phenols is 1. The van der Waals surface area contributed by atoms with Crippen LogP contribution in [0.5, 0.6) is 5.75 Å². The van der Waals surface area contributed by atoms with Crippen LogP contribution in [0.4, 0.5) is 4.39 Å². The van der Waals surface area contributed by atoms with Gasteiger partial charge in [-0.05, 0) is 66.7 Å². The van der Waals surface area contributed by atoms with E-state index in [-0.39, 0.29) is 23.5 Å². The minimum atomic E-state index is -1.13. The lowest BCUT2D eigenvalue weighted by molar-refractivity contribution is -0.0330. The van der Waals surface area contributed by atoms with Gasteiger partial charge in [0.05, 0.1) is 0 Å². The Labute approximate surface area is 136 Å². The smallest absolute Gasteiger partial charge is 0.128 e. The molecule has 7 atom stereocenters. The zero-order chi connectivity index (χ0) is 16.4. The Morgan fingerprint density at radius 2 is 2.17 bits per heavy atom. The molecule has 0 aromatic heterocycles. The van der Waals surface area contributed by atoms with E-state index in [0.29, 0.717) is 24.7 Å². The quantitative estimate of drug-likeness (QED) is 0.720. The van der Waals surface area contributed by atoms with E-state index in [4.69, 9.17) is 6.42 Å². The van der Waals surface area contributed by atoms with Crippen LogP contribution < -0.4 is 0 Å². The van der Waals surface area contributed by atoms with Gasteiger partial charge in [-0.15, -0.1) is 6.42 Å². The number of benzene rings is 1. The molecule has 2 saturated carbocycles. The van der Waals surface area contributed by atoms with Crippen LogP contribution in [0.25, 0.3) is 0 Å². The standard InChI is InChI=1S/C20H23FO2/c1-3-20(23)7-6-15-16(20)10-17(21)19-14-5-4-13(22)9-12(14)8-11(2)18(15)19/h1,4-5,9,11,15-19,22-23H,6-8,10H2,2H3/t11?,15?,16?,17-,18?,19?,20-/m0/s1. The summed E-state index contributed by atoms with van der Waals surface area (Å²) >= 11 is 0. The molecule has 3 aliphatic rings. The number of hydrogen-bond donors (Lipinski definition) is 2. The molecule has 0 amide bonds. The molecule has 0 spiro atoms. The summed E-state index contributed by atoms with van der Waals surface area (Å²) in [5.74, 6) is 3.41. The van der Waals surface area contributed by atoms with Gasteiger partial charge < -0.3 is 10.2 Å². The van der Waals surface area contributed by atoms with E-state index < -0.39 is 11.8 Å². The third kappa shape index (κ3) is 2.04. The third-order valence-corrected chi connectivity index (χ3v) is 6.70. The molecular formula is C20H23FO2. The van der Waals surface area contributed by atoms with E-state index in [1.807, 2.05) is 6.07 Å². The van der Waals surface area contributed by atoms with Gasteiger partial charge in [0.2, 0.25) is 0 Å². The molecule has 2 N–H and O–H groups in total. The van der Waals surface area contributed by atoms with Crippen LogP contribution >= 0.6 is 0 Å². The Morgan fingerprint density at radius 3 is 2.91 bits per heavy atom. The van der Waals surface area contributed by atoms with E-state index >= 15 is 4.39 Å². The van der Waals surface area contributed by atoms with Gasteiger partial charge in [-0.1, -0.05) is 18.9 Å². The van der Waals surface area contributed by atoms with E-state index in [2.05, 4.69) is 12.8 Å². The highest BCUT2D eigenvalue weighted by atomic mass is 19.1. The third-order valence-electron chi connectivity index (χ3n) is 6.70. The van der Waals surface area contributed by atoms with Crippen molar-refractivity contribution in [2.24, 2.45) is 23.7 Å². The van der Waals surface area contributed by atoms with Gasteiger partial charge in [0.15, 0.2) is 0 Å². The number of halogens is 1. The average molecular weight is 314 g/mol. The Bertz CT molecular complexity index is 679. The second-order valence-corrected chi connectivity index (χ2v) is 7.80. The van der Waals surface area contributed by atoms with Gasteiger partial charge >= 0.3 is 0 Å². The summed E-state index contributed by atoms with van der Waals surface area (Å²) in [6.45, 7) is 2.17. The van der Waals surface area contributed by atoms with Gasteiger partial charge in [0, 0.05) is 11.8 Å². The lowest BCUT2D eigenvalue weighted by atomic mass is 9.56. The number of aromatic hydroxyl groups is 1. The molecular weight excluding hydrogens is 291 g/mol. The van der Waals surface area contributed by atoms with Crippen LogP contribution in [0, 0.1) is 36.0 Å². The van der Waals surface area contributed by atoms with E-state index in [1.54, 1.807) is 12.1 Å². The molecule has 23 heavy (non-hydrogen) atoms. The number of phenolic OH excluding ortho intramolecular Hbond substituents is 1. The highest BCUT2D eigenvalue weighted by Crippen LogP contribution is 2.59. The molecule has 0 bridgehead atoms. The zero-order valence-corrected chi connectivity index (χ0v) is 13.4. The van der Waals surface area contributed by atoms with Gasteiger partial charge in [-0.25, -0.2) is 4.39 Å². The first-order valence-corrected chi connectivity index (χ1v) is 8.60. The van der Waals surface area contributed by atoms with Crippen molar-refractivity contribution in [3.05, 3.63) is 29.3 Å². The Hall–Kier alpha value is -1.53. The summed E-state index contributed by atoms with van der Waals surface area (Å²) in [7, 11) is 0. The molecule has 5 unspecified atom stereocenters. The topological polar surface area (TPSA) is 40.5 Å². The summed E-state index contributed by atoms with van der Waals surface area (Å²) in [5.41, 5.74) is 0.993.